The van der Waals surface area contributed by atoms with Gasteiger partial charge in [-0.2, -0.15) is 0 Å². The van der Waals surface area contributed by atoms with Crippen LogP contribution >= 0.6 is 27.7 Å². The maximum atomic E-state index is 6.00. The summed E-state index contributed by atoms with van der Waals surface area (Å²) in [4.78, 5) is 10.2. The molecule has 1 aromatic heterocycles. The van der Waals surface area contributed by atoms with Gasteiger partial charge >= 0.3 is 0 Å². The number of nitrogens with zero attached hydrogens (tertiary/aromatic N) is 2. The van der Waals surface area contributed by atoms with Crippen molar-refractivity contribution in [1.82, 2.24) is 9.97 Å². The SMILES string of the molecule is Nc1nc(CSc2cccc(Br)c2)nc2c1CCC2. The van der Waals surface area contributed by atoms with Crippen LogP contribution in [0.3, 0.4) is 0 Å². The van der Waals surface area contributed by atoms with Crippen molar-refractivity contribution in [3.63, 3.8) is 0 Å². The highest BCUT2D eigenvalue weighted by atomic mass is 79.9. The maximum Gasteiger partial charge on any atom is 0.141 e. The summed E-state index contributed by atoms with van der Waals surface area (Å²) in [7, 11) is 0. The van der Waals surface area contributed by atoms with Gasteiger partial charge in [-0.1, -0.05) is 22.0 Å². The number of nitrogens with two attached hydrogens (primary N) is 1. The van der Waals surface area contributed by atoms with Gasteiger partial charge in [0.25, 0.3) is 0 Å². The van der Waals surface area contributed by atoms with Crippen LogP contribution in [-0.4, -0.2) is 9.97 Å². The molecule has 1 aliphatic carbocycles. The van der Waals surface area contributed by atoms with Crippen LogP contribution in [0.25, 0.3) is 0 Å². The van der Waals surface area contributed by atoms with E-state index in [0.717, 1.165) is 46.6 Å². The van der Waals surface area contributed by atoms with E-state index in [9.17, 15) is 0 Å². The lowest BCUT2D eigenvalue weighted by Crippen LogP contribution is -2.04. The highest BCUT2D eigenvalue weighted by molar-refractivity contribution is 9.10. The van der Waals surface area contributed by atoms with Crippen LogP contribution in [-0.2, 0) is 18.6 Å². The van der Waals surface area contributed by atoms with Crippen molar-refractivity contribution in [2.24, 2.45) is 0 Å². The average molecular weight is 336 g/mol. The van der Waals surface area contributed by atoms with E-state index < -0.39 is 0 Å². The molecule has 5 heteroatoms. The molecule has 0 amide bonds. The van der Waals surface area contributed by atoms with E-state index in [1.54, 1.807) is 11.8 Å². The van der Waals surface area contributed by atoms with Crippen LogP contribution in [0.5, 0.6) is 0 Å². The number of fused-ring (bicyclic) bond motifs is 1. The van der Waals surface area contributed by atoms with E-state index in [0.29, 0.717) is 5.82 Å². The summed E-state index contributed by atoms with van der Waals surface area (Å²) in [5, 5.41) is 0. The molecule has 1 aromatic carbocycles. The monoisotopic (exact) mass is 335 g/mol. The molecule has 0 fully saturated rings. The van der Waals surface area contributed by atoms with Crippen LogP contribution in [0.2, 0.25) is 0 Å². The highest BCUT2D eigenvalue weighted by Crippen LogP contribution is 2.28. The van der Waals surface area contributed by atoms with Crippen molar-refractivity contribution in [3.8, 4) is 0 Å². The van der Waals surface area contributed by atoms with Gasteiger partial charge in [0.05, 0.1) is 5.75 Å². The number of hydrogen-bond acceptors (Lipinski definition) is 4. The van der Waals surface area contributed by atoms with Gasteiger partial charge in [-0.05, 0) is 37.5 Å². The average Bonchev–Trinajstić information content (AvgIpc) is 2.85. The lowest BCUT2D eigenvalue weighted by Gasteiger charge is -2.06. The molecule has 3 rings (SSSR count). The Morgan fingerprint density at radius 2 is 2.16 bits per heavy atom. The van der Waals surface area contributed by atoms with Crippen molar-refractivity contribution in [1.29, 1.82) is 0 Å². The van der Waals surface area contributed by atoms with Gasteiger partial charge in [0.15, 0.2) is 0 Å². The van der Waals surface area contributed by atoms with Gasteiger partial charge in [0.1, 0.15) is 11.6 Å². The number of aryl methyl sites for hydroxylation is 1. The number of thioether (sulfide) groups is 1. The first-order chi connectivity index (χ1) is 9.22. The van der Waals surface area contributed by atoms with Gasteiger partial charge in [-0.25, -0.2) is 9.97 Å². The van der Waals surface area contributed by atoms with Crippen molar-refractivity contribution >= 4 is 33.5 Å². The number of rotatable bonds is 3. The molecule has 2 aromatic rings. The molecular weight excluding hydrogens is 322 g/mol. The molecule has 0 atom stereocenters. The fourth-order valence-corrected chi connectivity index (χ4v) is 3.64. The molecule has 0 saturated heterocycles. The van der Waals surface area contributed by atoms with E-state index in [2.05, 4.69) is 38.0 Å². The Labute approximate surface area is 125 Å². The number of hydrogen-bond donors (Lipinski definition) is 1. The molecule has 1 aliphatic rings. The summed E-state index contributed by atoms with van der Waals surface area (Å²) < 4.78 is 1.09. The zero-order valence-corrected chi connectivity index (χ0v) is 12.8. The molecule has 19 heavy (non-hydrogen) atoms. The third-order valence-electron chi connectivity index (χ3n) is 3.18. The minimum absolute atomic E-state index is 0.673. The minimum atomic E-state index is 0.673. The zero-order valence-electron chi connectivity index (χ0n) is 10.4. The molecular formula is C14H14BrN3S. The van der Waals surface area contributed by atoms with Crippen LogP contribution in [0, 0.1) is 0 Å². The fraction of sp³-hybridized carbons (Fsp3) is 0.286. The normalized spacial score (nSPS) is 13.5. The Balaban J connectivity index is 1.76. The van der Waals surface area contributed by atoms with Gasteiger partial charge in [-0.15, -0.1) is 11.8 Å². The van der Waals surface area contributed by atoms with E-state index in [1.165, 1.54) is 4.90 Å². The number of nitrogen functional groups attached to an aromatic ring is 1. The van der Waals surface area contributed by atoms with Gasteiger partial charge in [0.2, 0.25) is 0 Å². The summed E-state index contributed by atoms with van der Waals surface area (Å²) in [5.74, 6) is 2.27. The van der Waals surface area contributed by atoms with Gasteiger partial charge in [0, 0.05) is 20.6 Å². The third-order valence-corrected chi connectivity index (χ3v) is 4.66. The number of halogens is 1. The maximum absolute atomic E-state index is 6.00. The van der Waals surface area contributed by atoms with Crippen molar-refractivity contribution in [3.05, 3.63) is 45.8 Å². The molecule has 0 bridgehead atoms. The largest absolute Gasteiger partial charge is 0.383 e. The lowest BCUT2D eigenvalue weighted by molar-refractivity contribution is 0.893. The lowest BCUT2D eigenvalue weighted by atomic mass is 10.2. The third kappa shape index (κ3) is 2.92. The summed E-state index contributed by atoms with van der Waals surface area (Å²) in [6, 6.07) is 8.24. The first-order valence-electron chi connectivity index (χ1n) is 6.25. The van der Waals surface area contributed by atoms with Crippen LogP contribution in [0.1, 0.15) is 23.5 Å². The second-order valence-corrected chi connectivity index (χ2v) is 6.51. The standard InChI is InChI=1S/C14H14BrN3S/c15-9-3-1-4-10(7-9)19-8-13-17-12-6-2-5-11(12)14(16)18-13/h1,3-4,7H,2,5-6,8H2,(H2,16,17,18). The highest BCUT2D eigenvalue weighted by Gasteiger charge is 2.17. The van der Waals surface area contributed by atoms with Gasteiger partial charge < -0.3 is 5.73 Å². The summed E-state index contributed by atoms with van der Waals surface area (Å²) >= 11 is 5.21. The molecule has 0 saturated carbocycles. The predicted octanol–water partition coefficient (Wildman–Crippen LogP) is 3.60. The first kappa shape index (κ1) is 12.9. The van der Waals surface area contributed by atoms with Crippen LogP contribution in [0.15, 0.2) is 33.6 Å². The second kappa shape index (κ2) is 5.51. The molecule has 0 spiro atoms. The second-order valence-electron chi connectivity index (χ2n) is 4.55. The van der Waals surface area contributed by atoms with Gasteiger partial charge in [-0.3, -0.25) is 0 Å². The Morgan fingerprint density at radius 3 is 3.00 bits per heavy atom. The number of anilines is 1. The molecule has 2 N–H and O–H groups in total. The van der Waals surface area contributed by atoms with E-state index in [-0.39, 0.29) is 0 Å². The Hall–Kier alpha value is -1.07. The molecule has 3 nitrogen and oxygen atoms in total. The fourth-order valence-electron chi connectivity index (χ4n) is 2.28. The van der Waals surface area contributed by atoms with E-state index in [4.69, 9.17) is 5.73 Å². The smallest absolute Gasteiger partial charge is 0.141 e. The Kier molecular flexibility index (Phi) is 3.75. The molecule has 1 heterocycles. The molecule has 0 aliphatic heterocycles. The van der Waals surface area contributed by atoms with Crippen molar-refractivity contribution in [2.75, 3.05) is 5.73 Å². The molecule has 0 unspecified atom stereocenters. The molecule has 0 radical (unpaired) electrons. The first-order valence-corrected chi connectivity index (χ1v) is 8.03. The van der Waals surface area contributed by atoms with Crippen LogP contribution < -0.4 is 5.73 Å². The summed E-state index contributed by atoms with van der Waals surface area (Å²) in [6.07, 6.45) is 3.22. The predicted molar refractivity (Wildman–Crippen MR) is 82.2 cm³/mol. The topological polar surface area (TPSA) is 51.8 Å². The van der Waals surface area contributed by atoms with Crippen molar-refractivity contribution < 1.29 is 0 Å². The number of benzene rings is 1. The van der Waals surface area contributed by atoms with Crippen molar-refractivity contribution in [2.45, 2.75) is 29.9 Å². The summed E-state index contributed by atoms with van der Waals surface area (Å²) in [5.41, 5.74) is 8.31. The number of aromatic nitrogens is 2. The zero-order chi connectivity index (χ0) is 13.2. The van der Waals surface area contributed by atoms with E-state index in [1.807, 2.05) is 12.1 Å². The Bertz CT molecular complexity index is 616. The Morgan fingerprint density at radius 1 is 1.26 bits per heavy atom. The summed E-state index contributed by atoms with van der Waals surface area (Å²) in [6.45, 7) is 0. The van der Waals surface area contributed by atoms with E-state index >= 15 is 0 Å². The van der Waals surface area contributed by atoms with Crippen LogP contribution in [0.4, 0.5) is 5.82 Å². The molecule has 98 valence electrons. The minimum Gasteiger partial charge on any atom is -0.383 e. The quantitative estimate of drug-likeness (QED) is 0.870.